The van der Waals surface area contributed by atoms with Gasteiger partial charge in [0.05, 0.1) is 22.8 Å². The highest BCUT2D eigenvalue weighted by molar-refractivity contribution is 6.04. The number of carbonyl (C=O) groups excluding carboxylic acids is 1. The lowest BCUT2D eigenvalue weighted by atomic mass is 10.2. The summed E-state index contributed by atoms with van der Waals surface area (Å²) in [6.45, 7) is 0. The van der Waals surface area contributed by atoms with Crippen molar-refractivity contribution in [3.63, 3.8) is 0 Å². The summed E-state index contributed by atoms with van der Waals surface area (Å²) in [5, 5.41) is 6.77. The van der Waals surface area contributed by atoms with Crippen LogP contribution in [0.5, 0.6) is 0 Å². The van der Waals surface area contributed by atoms with Crippen LogP contribution in [0.2, 0.25) is 0 Å². The van der Waals surface area contributed by atoms with E-state index in [1.165, 1.54) is 6.20 Å². The van der Waals surface area contributed by atoms with Crippen molar-refractivity contribution >= 4 is 22.6 Å². The largest absolute Gasteiger partial charge is 0.322 e. The first kappa shape index (κ1) is 11.3. The molecule has 0 saturated carbocycles. The fourth-order valence-corrected chi connectivity index (χ4v) is 1.78. The Kier molecular flexibility index (Phi) is 2.68. The number of aromatic nitrogens is 4. The number of nitrogens with zero attached hydrogens (tertiary/aromatic N) is 4. The number of benzene rings is 1. The van der Waals surface area contributed by atoms with E-state index in [9.17, 15) is 4.79 Å². The van der Waals surface area contributed by atoms with Gasteiger partial charge in [0.2, 0.25) is 0 Å². The molecule has 0 atom stereocenters. The van der Waals surface area contributed by atoms with E-state index in [0.717, 1.165) is 11.0 Å². The minimum absolute atomic E-state index is 0.198. The summed E-state index contributed by atoms with van der Waals surface area (Å²) in [6.07, 6.45) is 6.44. The maximum atomic E-state index is 12.0. The van der Waals surface area contributed by atoms with Gasteiger partial charge in [-0.15, -0.1) is 0 Å². The molecule has 94 valence electrons. The van der Waals surface area contributed by atoms with Crippen molar-refractivity contribution in [2.75, 3.05) is 5.32 Å². The van der Waals surface area contributed by atoms with E-state index in [-0.39, 0.29) is 5.91 Å². The van der Waals surface area contributed by atoms with Gasteiger partial charge in [0.15, 0.2) is 0 Å². The van der Waals surface area contributed by atoms with Crippen LogP contribution in [0.25, 0.3) is 11.0 Å². The smallest absolute Gasteiger partial charge is 0.258 e. The molecule has 0 fully saturated rings. The van der Waals surface area contributed by atoms with Crippen molar-refractivity contribution in [3.05, 3.63) is 48.5 Å². The average Bonchev–Trinajstić information content (AvgIpc) is 2.85. The summed E-state index contributed by atoms with van der Waals surface area (Å²) in [7, 11) is 1.77. The van der Waals surface area contributed by atoms with Crippen LogP contribution in [-0.2, 0) is 7.05 Å². The number of amides is 1. The fourth-order valence-electron chi connectivity index (χ4n) is 1.78. The molecule has 0 radical (unpaired) electrons. The highest BCUT2D eigenvalue weighted by atomic mass is 16.1. The highest BCUT2D eigenvalue weighted by Gasteiger charge is 2.08. The van der Waals surface area contributed by atoms with Gasteiger partial charge in [-0.25, -0.2) is 0 Å². The van der Waals surface area contributed by atoms with Gasteiger partial charge in [-0.2, -0.15) is 5.10 Å². The standard InChI is InChI=1S/C13H11N5O/c1-18-8-9(7-16-18)13(19)17-10-2-3-11-12(6-10)15-5-4-14-11/h2-8H,1H3,(H,17,19). The van der Waals surface area contributed by atoms with Gasteiger partial charge < -0.3 is 5.32 Å². The third-order valence-corrected chi connectivity index (χ3v) is 2.69. The Morgan fingerprint density at radius 2 is 2.00 bits per heavy atom. The van der Waals surface area contributed by atoms with Gasteiger partial charge in [0.1, 0.15) is 0 Å². The van der Waals surface area contributed by atoms with Gasteiger partial charge in [-0.05, 0) is 18.2 Å². The predicted octanol–water partition coefficient (Wildman–Crippen LogP) is 1.62. The summed E-state index contributed by atoms with van der Waals surface area (Å²) >= 11 is 0. The van der Waals surface area contributed by atoms with E-state index >= 15 is 0 Å². The zero-order valence-corrected chi connectivity index (χ0v) is 10.2. The first-order chi connectivity index (χ1) is 9.22. The summed E-state index contributed by atoms with van der Waals surface area (Å²) in [5.74, 6) is -0.198. The van der Waals surface area contributed by atoms with Crippen molar-refractivity contribution < 1.29 is 4.79 Å². The molecule has 0 unspecified atom stereocenters. The Labute approximate surface area is 109 Å². The van der Waals surface area contributed by atoms with Crippen molar-refractivity contribution in [2.45, 2.75) is 0 Å². The lowest BCUT2D eigenvalue weighted by Gasteiger charge is -2.04. The van der Waals surface area contributed by atoms with E-state index in [1.54, 1.807) is 42.5 Å². The van der Waals surface area contributed by atoms with E-state index < -0.39 is 0 Å². The van der Waals surface area contributed by atoms with Crippen LogP contribution in [0.4, 0.5) is 5.69 Å². The van der Waals surface area contributed by atoms with E-state index in [1.807, 2.05) is 6.07 Å². The maximum absolute atomic E-state index is 12.0. The summed E-state index contributed by atoms with van der Waals surface area (Å²) in [5.41, 5.74) is 2.73. The number of hydrogen-bond acceptors (Lipinski definition) is 4. The first-order valence-electron chi connectivity index (χ1n) is 5.73. The molecule has 0 aliphatic heterocycles. The third kappa shape index (κ3) is 2.28. The van der Waals surface area contributed by atoms with Crippen molar-refractivity contribution in [1.82, 2.24) is 19.7 Å². The summed E-state index contributed by atoms with van der Waals surface area (Å²) in [6, 6.07) is 5.41. The van der Waals surface area contributed by atoms with E-state index in [4.69, 9.17) is 0 Å². The van der Waals surface area contributed by atoms with Crippen LogP contribution in [-0.4, -0.2) is 25.7 Å². The van der Waals surface area contributed by atoms with Gasteiger partial charge in [0.25, 0.3) is 5.91 Å². The normalized spacial score (nSPS) is 10.6. The lowest BCUT2D eigenvalue weighted by molar-refractivity contribution is 0.102. The Morgan fingerprint density at radius 3 is 2.74 bits per heavy atom. The Morgan fingerprint density at radius 1 is 1.21 bits per heavy atom. The molecule has 3 aromatic rings. The van der Waals surface area contributed by atoms with Crippen LogP contribution < -0.4 is 5.32 Å². The van der Waals surface area contributed by atoms with Gasteiger partial charge >= 0.3 is 0 Å². The molecule has 0 spiro atoms. The predicted molar refractivity (Wildman–Crippen MR) is 70.7 cm³/mol. The molecule has 0 saturated heterocycles. The van der Waals surface area contributed by atoms with Crippen LogP contribution in [0.3, 0.4) is 0 Å². The van der Waals surface area contributed by atoms with Crippen molar-refractivity contribution in [2.24, 2.45) is 7.05 Å². The van der Waals surface area contributed by atoms with Crippen molar-refractivity contribution in [1.29, 1.82) is 0 Å². The second-order valence-electron chi connectivity index (χ2n) is 4.12. The van der Waals surface area contributed by atoms with Crippen LogP contribution in [0.15, 0.2) is 43.0 Å². The molecule has 1 amide bonds. The Balaban J connectivity index is 1.87. The summed E-state index contributed by atoms with van der Waals surface area (Å²) < 4.78 is 1.58. The molecule has 1 N–H and O–H groups in total. The fraction of sp³-hybridized carbons (Fsp3) is 0.0769. The lowest BCUT2D eigenvalue weighted by Crippen LogP contribution is -2.11. The summed E-state index contributed by atoms with van der Waals surface area (Å²) in [4.78, 5) is 20.3. The molecule has 1 aromatic carbocycles. The molecule has 6 nitrogen and oxygen atoms in total. The molecule has 3 rings (SSSR count). The molecule has 6 heteroatoms. The number of aryl methyl sites for hydroxylation is 1. The molecular weight excluding hydrogens is 242 g/mol. The number of nitrogens with one attached hydrogen (secondary N) is 1. The minimum Gasteiger partial charge on any atom is -0.322 e. The number of anilines is 1. The SMILES string of the molecule is Cn1cc(C(=O)Nc2ccc3nccnc3c2)cn1. The number of rotatable bonds is 2. The quantitative estimate of drug-likeness (QED) is 0.753. The Bertz CT molecular complexity index is 749. The number of fused-ring (bicyclic) bond motifs is 1. The van der Waals surface area contributed by atoms with Crippen LogP contribution >= 0.6 is 0 Å². The van der Waals surface area contributed by atoms with E-state index in [2.05, 4.69) is 20.4 Å². The second kappa shape index (κ2) is 4.49. The zero-order chi connectivity index (χ0) is 13.2. The number of carbonyl (C=O) groups is 1. The molecule has 2 aromatic heterocycles. The monoisotopic (exact) mass is 253 g/mol. The van der Waals surface area contributed by atoms with Gasteiger partial charge in [-0.1, -0.05) is 0 Å². The topological polar surface area (TPSA) is 72.7 Å². The minimum atomic E-state index is -0.198. The zero-order valence-electron chi connectivity index (χ0n) is 10.2. The first-order valence-corrected chi connectivity index (χ1v) is 5.73. The van der Waals surface area contributed by atoms with Gasteiger partial charge in [0, 0.05) is 31.3 Å². The molecule has 19 heavy (non-hydrogen) atoms. The Hall–Kier alpha value is -2.76. The molecule has 0 bridgehead atoms. The van der Waals surface area contributed by atoms with Crippen molar-refractivity contribution in [3.8, 4) is 0 Å². The molecule has 0 aliphatic carbocycles. The maximum Gasteiger partial charge on any atom is 0.258 e. The molecule has 0 aliphatic rings. The van der Waals surface area contributed by atoms with Crippen LogP contribution in [0.1, 0.15) is 10.4 Å². The van der Waals surface area contributed by atoms with Gasteiger partial charge in [-0.3, -0.25) is 19.4 Å². The highest BCUT2D eigenvalue weighted by Crippen LogP contribution is 2.15. The average molecular weight is 253 g/mol. The second-order valence-corrected chi connectivity index (χ2v) is 4.12. The molecular formula is C13H11N5O. The van der Waals surface area contributed by atoms with E-state index in [0.29, 0.717) is 11.3 Å². The van der Waals surface area contributed by atoms with Crippen LogP contribution in [0, 0.1) is 0 Å². The third-order valence-electron chi connectivity index (χ3n) is 2.69. The number of hydrogen-bond donors (Lipinski definition) is 1. The molecule has 2 heterocycles.